The van der Waals surface area contributed by atoms with Crippen LogP contribution in [0.5, 0.6) is 0 Å². The van der Waals surface area contributed by atoms with Gasteiger partial charge in [-0.05, 0) is 49.7 Å². The molecule has 1 atom stereocenters. The molecule has 2 fully saturated rings. The summed E-state index contributed by atoms with van der Waals surface area (Å²) in [5.74, 6) is 0.0343. The summed E-state index contributed by atoms with van der Waals surface area (Å²) in [6.45, 7) is 6.47. The molecule has 8 heteroatoms. The first-order valence-corrected chi connectivity index (χ1v) is 12.7. The van der Waals surface area contributed by atoms with Gasteiger partial charge in [-0.15, -0.1) is 0 Å². The van der Waals surface area contributed by atoms with Crippen LogP contribution in [0, 0.1) is 0 Å². The molecular formula is C25H34ClN3O3S. The molecule has 0 radical (unpaired) electrons. The van der Waals surface area contributed by atoms with Crippen LogP contribution in [-0.4, -0.2) is 63.0 Å². The van der Waals surface area contributed by atoms with Gasteiger partial charge in [0.05, 0.1) is 13.2 Å². The zero-order chi connectivity index (χ0) is 23.1. The van der Waals surface area contributed by atoms with Crippen LogP contribution in [0.1, 0.15) is 30.9 Å². The van der Waals surface area contributed by atoms with E-state index in [1.54, 1.807) is 11.8 Å². The second kappa shape index (κ2) is 15.2. The number of benzene rings is 1. The van der Waals surface area contributed by atoms with Gasteiger partial charge in [0.1, 0.15) is 5.69 Å². The van der Waals surface area contributed by atoms with Crippen molar-refractivity contribution in [3.63, 3.8) is 0 Å². The van der Waals surface area contributed by atoms with E-state index in [0.717, 1.165) is 66.8 Å². The van der Waals surface area contributed by atoms with Gasteiger partial charge in [0.25, 0.3) is 0 Å². The largest absolute Gasteiger partial charge is 0.437 e. The van der Waals surface area contributed by atoms with Gasteiger partial charge in [0.15, 0.2) is 11.5 Å². The fourth-order valence-corrected chi connectivity index (χ4v) is 4.42. The highest BCUT2D eigenvalue weighted by Crippen LogP contribution is 2.35. The van der Waals surface area contributed by atoms with Crippen LogP contribution >= 0.6 is 23.4 Å². The Kier molecular flexibility index (Phi) is 11.9. The fraction of sp³-hybridized carbons (Fsp3) is 0.480. The minimum atomic E-state index is 0.0343. The Labute approximate surface area is 206 Å². The number of allylic oxidation sites excluding steroid dienone is 2. The second-order valence-corrected chi connectivity index (χ2v) is 9.25. The Hall–Kier alpha value is -1.77. The molecule has 1 aromatic carbocycles. The molecule has 1 unspecified atom stereocenters. The molecule has 1 aromatic heterocycles. The van der Waals surface area contributed by atoms with Crippen molar-refractivity contribution in [3.05, 3.63) is 65.8 Å². The summed E-state index contributed by atoms with van der Waals surface area (Å²) < 4.78 is 16.1. The van der Waals surface area contributed by atoms with Crippen molar-refractivity contribution < 1.29 is 13.9 Å². The van der Waals surface area contributed by atoms with Crippen molar-refractivity contribution in [2.24, 2.45) is 0 Å². The van der Waals surface area contributed by atoms with Gasteiger partial charge >= 0.3 is 0 Å². The molecule has 33 heavy (non-hydrogen) atoms. The molecule has 4 rings (SSSR count). The molecule has 0 aliphatic carbocycles. The predicted molar refractivity (Wildman–Crippen MR) is 134 cm³/mol. The molecule has 180 valence electrons. The number of rotatable bonds is 8. The summed E-state index contributed by atoms with van der Waals surface area (Å²) >= 11 is 7.52. The van der Waals surface area contributed by atoms with E-state index >= 15 is 0 Å². The van der Waals surface area contributed by atoms with Crippen LogP contribution in [0.2, 0.25) is 5.02 Å². The van der Waals surface area contributed by atoms with Crippen LogP contribution in [0.15, 0.2) is 69.5 Å². The van der Waals surface area contributed by atoms with E-state index in [1.165, 1.54) is 25.7 Å². The molecule has 0 spiro atoms. The average Bonchev–Trinajstić information content (AvgIpc) is 3.33. The van der Waals surface area contributed by atoms with Gasteiger partial charge in [0.2, 0.25) is 0 Å². The number of hydrogen-bond acceptors (Lipinski definition) is 7. The number of nitrogens with zero attached hydrogens (tertiary/aromatic N) is 2. The minimum Gasteiger partial charge on any atom is -0.437 e. The van der Waals surface area contributed by atoms with Gasteiger partial charge in [-0.1, -0.05) is 41.6 Å². The summed E-state index contributed by atoms with van der Waals surface area (Å²) in [4.78, 5) is 7.91. The standard InChI is InChI=1S/C20H24ClN3O2S.C5H10O/c1-22-9-8-16(3-2-10-24-11-13-25-14-12-24)19-20(26-15-23-19)27-18-6-4-17(21)5-7-18;1-2-4-6-5-3-1/h2-9,15-16,22H,10-14H2,1H3;1-5H2/b3-2-,9-8?;. The highest BCUT2D eigenvalue weighted by molar-refractivity contribution is 7.99. The van der Waals surface area contributed by atoms with Gasteiger partial charge in [0, 0.05) is 55.7 Å². The average molecular weight is 492 g/mol. The number of nitrogens with one attached hydrogen (secondary N) is 1. The van der Waals surface area contributed by atoms with Crippen LogP contribution in [0.4, 0.5) is 0 Å². The van der Waals surface area contributed by atoms with Gasteiger partial charge in [-0.2, -0.15) is 0 Å². The first-order chi connectivity index (χ1) is 16.3. The lowest BCUT2D eigenvalue weighted by atomic mass is 10.1. The third kappa shape index (κ3) is 9.55. The van der Waals surface area contributed by atoms with Crippen molar-refractivity contribution in [1.29, 1.82) is 0 Å². The van der Waals surface area contributed by atoms with E-state index < -0.39 is 0 Å². The quantitative estimate of drug-likeness (QED) is 0.498. The molecule has 2 aliphatic rings. The van der Waals surface area contributed by atoms with E-state index in [2.05, 4.69) is 33.4 Å². The van der Waals surface area contributed by atoms with Crippen molar-refractivity contribution >= 4 is 23.4 Å². The predicted octanol–water partition coefficient (Wildman–Crippen LogP) is 5.37. The summed E-state index contributed by atoms with van der Waals surface area (Å²) in [5.41, 5.74) is 0.902. The summed E-state index contributed by atoms with van der Waals surface area (Å²) in [7, 11) is 1.89. The summed E-state index contributed by atoms with van der Waals surface area (Å²) in [5, 5.41) is 4.57. The molecular weight excluding hydrogens is 458 g/mol. The third-order valence-electron chi connectivity index (χ3n) is 5.26. The molecule has 6 nitrogen and oxygen atoms in total. The smallest absolute Gasteiger partial charge is 0.189 e. The fourth-order valence-electron chi connectivity index (χ4n) is 3.43. The zero-order valence-corrected chi connectivity index (χ0v) is 20.8. The lowest BCUT2D eigenvalue weighted by Crippen LogP contribution is -2.36. The highest BCUT2D eigenvalue weighted by atomic mass is 35.5. The molecule has 0 saturated carbocycles. The van der Waals surface area contributed by atoms with Crippen LogP contribution in [-0.2, 0) is 9.47 Å². The first-order valence-electron chi connectivity index (χ1n) is 11.5. The van der Waals surface area contributed by atoms with Crippen molar-refractivity contribution in [2.75, 3.05) is 53.1 Å². The lowest BCUT2D eigenvalue weighted by Gasteiger charge is -2.25. The van der Waals surface area contributed by atoms with E-state index in [4.69, 9.17) is 25.5 Å². The molecule has 2 aromatic rings. The number of oxazole rings is 1. The van der Waals surface area contributed by atoms with Gasteiger partial charge in [-0.25, -0.2) is 4.98 Å². The Morgan fingerprint density at radius 3 is 2.42 bits per heavy atom. The van der Waals surface area contributed by atoms with Crippen LogP contribution in [0.3, 0.4) is 0 Å². The Bertz CT molecular complexity index is 835. The van der Waals surface area contributed by atoms with E-state index in [-0.39, 0.29) is 5.92 Å². The van der Waals surface area contributed by atoms with Crippen LogP contribution < -0.4 is 5.32 Å². The molecule has 0 amide bonds. The topological polar surface area (TPSA) is 59.8 Å². The normalized spacial score (nSPS) is 18.2. The number of hydrogen-bond donors (Lipinski definition) is 1. The maximum atomic E-state index is 5.97. The molecule has 0 bridgehead atoms. The Balaban J connectivity index is 0.000000442. The molecule has 1 N–H and O–H groups in total. The second-order valence-electron chi connectivity index (χ2n) is 7.77. The van der Waals surface area contributed by atoms with Crippen LogP contribution in [0.25, 0.3) is 0 Å². The van der Waals surface area contributed by atoms with Gasteiger partial charge in [-0.3, -0.25) is 4.90 Å². The van der Waals surface area contributed by atoms with Crippen molar-refractivity contribution in [3.8, 4) is 0 Å². The number of halogens is 1. The highest BCUT2D eigenvalue weighted by Gasteiger charge is 2.17. The Morgan fingerprint density at radius 1 is 1.06 bits per heavy atom. The zero-order valence-electron chi connectivity index (χ0n) is 19.2. The minimum absolute atomic E-state index is 0.0343. The third-order valence-corrected chi connectivity index (χ3v) is 6.51. The van der Waals surface area contributed by atoms with E-state index in [0.29, 0.717) is 0 Å². The maximum absolute atomic E-state index is 5.97. The molecule has 2 saturated heterocycles. The number of morpholine rings is 1. The number of ether oxygens (including phenoxy) is 2. The SMILES string of the molecule is C1CCOCC1.CNC=CC(/C=C\CN1CCOCC1)c1ncoc1Sc1ccc(Cl)cc1. The maximum Gasteiger partial charge on any atom is 0.189 e. The van der Waals surface area contributed by atoms with E-state index in [9.17, 15) is 0 Å². The molecule has 3 heterocycles. The molecule has 2 aliphatic heterocycles. The lowest BCUT2D eigenvalue weighted by molar-refractivity contribution is 0.0434. The number of aromatic nitrogens is 1. The monoisotopic (exact) mass is 491 g/mol. The van der Waals surface area contributed by atoms with Crippen molar-refractivity contribution in [1.82, 2.24) is 15.2 Å². The summed E-state index contributed by atoms with van der Waals surface area (Å²) in [6.07, 6.45) is 13.8. The van der Waals surface area contributed by atoms with Gasteiger partial charge < -0.3 is 19.2 Å². The Morgan fingerprint density at radius 2 is 1.79 bits per heavy atom. The first kappa shape index (κ1) is 25.8. The summed E-state index contributed by atoms with van der Waals surface area (Å²) in [6, 6.07) is 7.71. The van der Waals surface area contributed by atoms with E-state index in [1.807, 2.05) is 37.5 Å². The van der Waals surface area contributed by atoms with Crippen molar-refractivity contribution in [2.45, 2.75) is 35.2 Å².